The van der Waals surface area contributed by atoms with Crippen molar-refractivity contribution in [3.63, 3.8) is 0 Å². The van der Waals surface area contributed by atoms with Gasteiger partial charge in [-0.25, -0.2) is 0 Å². The first-order chi connectivity index (χ1) is 11.2. The fourth-order valence-electron chi connectivity index (χ4n) is 1.71. The van der Waals surface area contributed by atoms with Crippen LogP contribution in [0.3, 0.4) is 0 Å². The maximum atomic E-state index is 11.6. The number of benzene rings is 1. The molecule has 2 aromatic rings. The zero-order valence-corrected chi connectivity index (χ0v) is 12.9. The number of hydrogen-bond donors (Lipinski definition) is 1. The molecule has 0 unspecified atom stereocenters. The molecule has 0 saturated carbocycles. The van der Waals surface area contributed by atoms with Crippen LogP contribution in [0.4, 0.5) is 0 Å². The lowest BCUT2D eigenvalue weighted by molar-refractivity contribution is -0.122. The van der Waals surface area contributed by atoms with Crippen LogP contribution >= 0.6 is 0 Å². The number of nitrogens with one attached hydrogen (secondary N) is 1. The Balaban J connectivity index is 1.61. The first-order valence-electron chi connectivity index (χ1n) is 7.19. The SMILES string of the molecule is Cc1cccc(OCC(=O)NCC#CCOc2cccnc2)c1. The highest BCUT2D eigenvalue weighted by molar-refractivity contribution is 5.77. The molecular formula is C18H18N2O3. The van der Waals surface area contributed by atoms with Crippen molar-refractivity contribution in [1.29, 1.82) is 0 Å². The normalized spacial score (nSPS) is 9.43. The van der Waals surface area contributed by atoms with Gasteiger partial charge in [-0.05, 0) is 36.8 Å². The van der Waals surface area contributed by atoms with Crippen LogP contribution in [-0.4, -0.2) is 30.6 Å². The first-order valence-corrected chi connectivity index (χ1v) is 7.19. The summed E-state index contributed by atoms with van der Waals surface area (Å²) >= 11 is 0. The van der Waals surface area contributed by atoms with E-state index in [1.807, 2.05) is 31.2 Å². The number of aryl methyl sites for hydroxylation is 1. The minimum atomic E-state index is -0.214. The fraction of sp³-hybridized carbons (Fsp3) is 0.222. The van der Waals surface area contributed by atoms with E-state index in [2.05, 4.69) is 22.1 Å². The van der Waals surface area contributed by atoms with Crippen LogP contribution in [0.1, 0.15) is 5.56 Å². The van der Waals surface area contributed by atoms with Gasteiger partial charge in [-0.3, -0.25) is 9.78 Å². The Bertz CT molecular complexity index is 690. The summed E-state index contributed by atoms with van der Waals surface area (Å²) in [5.74, 6) is 6.75. The molecule has 0 saturated heterocycles. The third kappa shape index (κ3) is 6.53. The summed E-state index contributed by atoms with van der Waals surface area (Å²) in [5, 5.41) is 2.66. The minimum Gasteiger partial charge on any atom is -0.484 e. The number of aromatic nitrogens is 1. The lowest BCUT2D eigenvalue weighted by Gasteiger charge is -2.06. The van der Waals surface area contributed by atoms with E-state index < -0.39 is 0 Å². The van der Waals surface area contributed by atoms with Crippen molar-refractivity contribution < 1.29 is 14.3 Å². The molecule has 5 heteroatoms. The lowest BCUT2D eigenvalue weighted by Crippen LogP contribution is -2.29. The van der Waals surface area contributed by atoms with Crippen molar-refractivity contribution in [2.45, 2.75) is 6.92 Å². The number of hydrogen-bond acceptors (Lipinski definition) is 4. The van der Waals surface area contributed by atoms with Crippen molar-refractivity contribution in [3.8, 4) is 23.3 Å². The summed E-state index contributed by atoms with van der Waals surface area (Å²) in [6, 6.07) is 11.1. The molecule has 118 valence electrons. The van der Waals surface area contributed by atoms with Crippen LogP contribution in [0.15, 0.2) is 48.8 Å². The number of amides is 1. The van der Waals surface area contributed by atoms with E-state index in [1.165, 1.54) is 0 Å². The van der Waals surface area contributed by atoms with Gasteiger partial charge in [0.05, 0.1) is 12.7 Å². The highest BCUT2D eigenvalue weighted by Gasteiger charge is 2.01. The lowest BCUT2D eigenvalue weighted by atomic mass is 10.2. The number of rotatable bonds is 6. The molecule has 5 nitrogen and oxygen atoms in total. The number of ether oxygens (including phenoxy) is 2. The molecule has 0 aliphatic carbocycles. The van der Waals surface area contributed by atoms with Gasteiger partial charge in [-0.1, -0.05) is 24.0 Å². The van der Waals surface area contributed by atoms with Gasteiger partial charge in [0.15, 0.2) is 6.61 Å². The maximum Gasteiger partial charge on any atom is 0.258 e. The van der Waals surface area contributed by atoms with E-state index in [1.54, 1.807) is 24.5 Å². The summed E-state index contributed by atoms with van der Waals surface area (Å²) in [4.78, 5) is 15.5. The van der Waals surface area contributed by atoms with Crippen molar-refractivity contribution in [3.05, 3.63) is 54.4 Å². The molecule has 1 aromatic heterocycles. The summed E-state index contributed by atoms with van der Waals surface area (Å²) in [7, 11) is 0. The quantitative estimate of drug-likeness (QED) is 0.829. The van der Waals surface area contributed by atoms with Crippen LogP contribution in [0.2, 0.25) is 0 Å². The number of nitrogens with zero attached hydrogens (tertiary/aromatic N) is 1. The summed E-state index contributed by atoms with van der Waals surface area (Å²) < 4.78 is 10.7. The molecule has 0 fully saturated rings. The van der Waals surface area contributed by atoms with E-state index >= 15 is 0 Å². The van der Waals surface area contributed by atoms with E-state index in [0.29, 0.717) is 11.5 Å². The average Bonchev–Trinajstić information content (AvgIpc) is 2.57. The van der Waals surface area contributed by atoms with E-state index in [0.717, 1.165) is 5.56 Å². The minimum absolute atomic E-state index is 0.0304. The Labute approximate surface area is 135 Å². The van der Waals surface area contributed by atoms with Crippen LogP contribution in [0.5, 0.6) is 11.5 Å². The van der Waals surface area contributed by atoms with Crippen LogP contribution in [0.25, 0.3) is 0 Å². The molecule has 1 heterocycles. The second kappa shape index (κ2) is 9.11. The van der Waals surface area contributed by atoms with Gasteiger partial charge >= 0.3 is 0 Å². The highest BCUT2D eigenvalue weighted by atomic mass is 16.5. The van der Waals surface area contributed by atoms with Crippen molar-refractivity contribution >= 4 is 5.91 Å². The Kier molecular flexibility index (Phi) is 6.48. The van der Waals surface area contributed by atoms with Gasteiger partial charge in [0, 0.05) is 6.20 Å². The number of carbonyl (C=O) groups excluding carboxylic acids is 1. The molecule has 1 aromatic carbocycles. The summed E-state index contributed by atoms with van der Waals surface area (Å²) in [6.07, 6.45) is 3.29. The monoisotopic (exact) mass is 310 g/mol. The van der Waals surface area contributed by atoms with Crippen LogP contribution in [0, 0.1) is 18.8 Å². The van der Waals surface area contributed by atoms with E-state index in [4.69, 9.17) is 9.47 Å². The molecular weight excluding hydrogens is 292 g/mol. The Hall–Kier alpha value is -3.00. The van der Waals surface area contributed by atoms with E-state index in [9.17, 15) is 4.79 Å². The summed E-state index contributed by atoms with van der Waals surface area (Å²) in [6.45, 7) is 2.45. The first kappa shape index (κ1) is 16.4. The standard InChI is InChI=1S/C18H18N2O3/c1-15-6-4-7-16(12-15)23-14-18(21)20-10-2-3-11-22-17-8-5-9-19-13-17/h4-9,12-13H,10-11,14H2,1H3,(H,20,21). The largest absolute Gasteiger partial charge is 0.484 e. The number of pyridine rings is 1. The van der Waals surface area contributed by atoms with Gasteiger partial charge in [0.25, 0.3) is 5.91 Å². The second-order valence-corrected chi connectivity index (χ2v) is 4.71. The van der Waals surface area contributed by atoms with Crippen molar-refractivity contribution in [1.82, 2.24) is 10.3 Å². The Morgan fingerprint density at radius 1 is 1.17 bits per heavy atom. The molecule has 0 bridgehead atoms. The fourth-order valence-corrected chi connectivity index (χ4v) is 1.71. The zero-order valence-electron chi connectivity index (χ0n) is 12.9. The third-order valence-electron chi connectivity index (χ3n) is 2.80. The van der Waals surface area contributed by atoms with Crippen molar-refractivity contribution in [2.24, 2.45) is 0 Å². The predicted molar refractivity (Wildman–Crippen MR) is 87.2 cm³/mol. The second-order valence-electron chi connectivity index (χ2n) is 4.71. The van der Waals surface area contributed by atoms with Crippen molar-refractivity contribution in [2.75, 3.05) is 19.8 Å². The molecule has 0 aliphatic heterocycles. The third-order valence-corrected chi connectivity index (χ3v) is 2.80. The molecule has 2 rings (SSSR count). The molecule has 23 heavy (non-hydrogen) atoms. The molecule has 0 aliphatic rings. The maximum absolute atomic E-state index is 11.6. The molecule has 1 N–H and O–H groups in total. The number of carbonyl (C=O) groups is 1. The molecule has 0 atom stereocenters. The van der Waals surface area contributed by atoms with Crippen LogP contribution in [-0.2, 0) is 4.79 Å². The van der Waals surface area contributed by atoms with Gasteiger partial charge < -0.3 is 14.8 Å². The van der Waals surface area contributed by atoms with Gasteiger partial charge in [-0.15, -0.1) is 0 Å². The topological polar surface area (TPSA) is 60.5 Å². The Morgan fingerprint density at radius 2 is 2.04 bits per heavy atom. The van der Waals surface area contributed by atoms with Crippen LogP contribution < -0.4 is 14.8 Å². The zero-order chi connectivity index (χ0) is 16.3. The average molecular weight is 310 g/mol. The Morgan fingerprint density at radius 3 is 2.83 bits per heavy atom. The molecule has 0 radical (unpaired) electrons. The predicted octanol–water partition coefficient (Wildman–Crippen LogP) is 1.97. The van der Waals surface area contributed by atoms with Gasteiger partial charge in [0.2, 0.25) is 0 Å². The summed E-state index contributed by atoms with van der Waals surface area (Å²) in [5.41, 5.74) is 1.09. The smallest absolute Gasteiger partial charge is 0.258 e. The molecule has 1 amide bonds. The van der Waals surface area contributed by atoms with Gasteiger partial charge in [0.1, 0.15) is 18.1 Å². The molecule has 0 spiro atoms. The highest BCUT2D eigenvalue weighted by Crippen LogP contribution is 2.11. The van der Waals surface area contributed by atoms with E-state index in [-0.39, 0.29) is 25.7 Å². The van der Waals surface area contributed by atoms with Gasteiger partial charge in [-0.2, -0.15) is 0 Å².